The van der Waals surface area contributed by atoms with Gasteiger partial charge in [0.15, 0.2) is 0 Å². The highest BCUT2D eigenvalue weighted by Crippen LogP contribution is 2.23. The van der Waals surface area contributed by atoms with Crippen molar-refractivity contribution >= 4 is 11.6 Å². The summed E-state index contributed by atoms with van der Waals surface area (Å²) in [5.41, 5.74) is 4.82. The first kappa shape index (κ1) is 27.2. The fraction of sp³-hybridized carbons (Fsp3) is 0.720. The van der Waals surface area contributed by atoms with Crippen molar-refractivity contribution in [2.24, 2.45) is 0 Å². The van der Waals surface area contributed by atoms with Gasteiger partial charge in [0.2, 0.25) is 0 Å². The molecule has 0 bridgehead atoms. The van der Waals surface area contributed by atoms with E-state index in [1.165, 1.54) is 102 Å². The van der Waals surface area contributed by atoms with Gasteiger partial charge in [-0.2, -0.15) is 0 Å². The second-order valence-electron chi connectivity index (χ2n) is 8.53. The van der Waals surface area contributed by atoms with Gasteiger partial charge in [-0.1, -0.05) is 103 Å². The van der Waals surface area contributed by atoms with E-state index in [0.29, 0.717) is 17.8 Å². The number of aromatic hydroxyl groups is 1. The Morgan fingerprint density at radius 3 is 1.71 bits per heavy atom. The Balaban J connectivity index is 1.89. The van der Waals surface area contributed by atoms with Crippen LogP contribution >= 0.6 is 0 Å². The van der Waals surface area contributed by atoms with Crippen molar-refractivity contribution in [2.75, 3.05) is 12.0 Å². The Morgan fingerprint density at radius 1 is 0.774 bits per heavy atom. The number of rotatable bonds is 20. The lowest BCUT2D eigenvalue weighted by Gasteiger charge is -2.09. The molecule has 1 rings (SSSR count). The highest BCUT2D eigenvalue weighted by atomic mass is 16.5. The first-order valence-electron chi connectivity index (χ1n) is 12.5. The molecule has 0 aromatic heterocycles. The zero-order valence-corrected chi connectivity index (χ0v) is 19.6. The van der Waals surface area contributed by atoms with E-state index >= 15 is 0 Å². The molecular weight excluding hydrogens is 390 g/mol. The predicted octanol–water partition coefficient (Wildman–Crippen LogP) is 6.69. The third-order valence-corrected chi connectivity index (χ3v) is 5.77. The van der Waals surface area contributed by atoms with Crippen molar-refractivity contribution in [3.8, 4) is 5.75 Å². The monoisotopic (exact) mass is 435 g/mol. The summed E-state index contributed by atoms with van der Waals surface area (Å²) in [7, 11) is 0. The smallest absolute Gasteiger partial charge is 0.251 e. The number of unbranched alkanes of at least 4 members (excludes halogenated alkanes) is 15. The Morgan fingerprint density at radius 2 is 1.26 bits per heavy atom. The van der Waals surface area contributed by atoms with Gasteiger partial charge in [0, 0.05) is 12.1 Å². The van der Waals surface area contributed by atoms with E-state index in [0.717, 1.165) is 12.8 Å². The van der Waals surface area contributed by atoms with E-state index in [1.54, 1.807) is 11.7 Å². The summed E-state index contributed by atoms with van der Waals surface area (Å²) in [6.45, 7) is 2.92. The fourth-order valence-electron chi connectivity index (χ4n) is 3.82. The lowest BCUT2D eigenvalue weighted by atomic mass is 10.0. The highest BCUT2D eigenvalue weighted by molar-refractivity contribution is 5.95. The number of phenols is 1. The van der Waals surface area contributed by atoms with Gasteiger partial charge in [-0.15, -0.1) is 5.59 Å². The van der Waals surface area contributed by atoms with E-state index in [-0.39, 0.29) is 11.7 Å². The molecule has 0 spiro atoms. The molecule has 31 heavy (non-hydrogen) atoms. The van der Waals surface area contributed by atoms with Gasteiger partial charge in [0.25, 0.3) is 5.91 Å². The second-order valence-corrected chi connectivity index (χ2v) is 8.53. The number of carbonyl (C=O) groups excluding carboxylic acids is 1. The van der Waals surface area contributed by atoms with Gasteiger partial charge >= 0.3 is 0 Å². The summed E-state index contributed by atoms with van der Waals surface area (Å²) < 4.78 is 0. The van der Waals surface area contributed by atoms with Crippen LogP contribution in [0.5, 0.6) is 5.75 Å². The topological polar surface area (TPSA) is 93.6 Å². The minimum Gasteiger partial charge on any atom is -0.506 e. The molecule has 1 aromatic rings. The lowest BCUT2D eigenvalue weighted by molar-refractivity contribution is 0.0952. The van der Waals surface area contributed by atoms with Crippen molar-refractivity contribution in [1.82, 2.24) is 10.9 Å². The number of phenolic OH excluding ortho intramolecular Hbond substituents is 1. The molecule has 6 heteroatoms. The molecule has 0 saturated heterocycles. The molecular formula is C25H45N3O3. The van der Waals surface area contributed by atoms with E-state index in [9.17, 15) is 9.90 Å². The molecule has 0 saturated carbocycles. The van der Waals surface area contributed by atoms with Crippen LogP contribution in [0.1, 0.15) is 120 Å². The lowest BCUT2D eigenvalue weighted by Crippen LogP contribution is -2.24. The summed E-state index contributed by atoms with van der Waals surface area (Å²) in [6.07, 6.45) is 21.3. The molecule has 0 aliphatic heterocycles. The molecule has 0 aliphatic carbocycles. The van der Waals surface area contributed by atoms with Gasteiger partial charge in [-0.3, -0.25) is 15.4 Å². The normalized spacial score (nSPS) is 10.9. The van der Waals surface area contributed by atoms with Crippen molar-refractivity contribution in [3.63, 3.8) is 0 Å². The maximum atomic E-state index is 12.1. The van der Waals surface area contributed by atoms with E-state index in [2.05, 4.69) is 17.7 Å². The minimum absolute atomic E-state index is 0.100. The maximum absolute atomic E-state index is 12.1. The Kier molecular flexibility index (Phi) is 16.6. The Labute approximate surface area is 189 Å². The van der Waals surface area contributed by atoms with Crippen molar-refractivity contribution < 1.29 is 15.1 Å². The van der Waals surface area contributed by atoms with Crippen LogP contribution in [0.15, 0.2) is 18.2 Å². The molecule has 0 aliphatic rings. The summed E-state index contributed by atoms with van der Waals surface area (Å²) in [6, 6.07) is 4.51. The minimum atomic E-state index is -0.195. The number of nitrogens with one attached hydrogen (secondary N) is 3. The standard InChI is InChI=1S/C25H45N3O3/c1-2-3-4-5-6-7-8-9-10-11-12-13-14-15-16-17-20-26-25(30)22-18-19-23(27-28-31)24(29)21-22/h18-19,21,27-29,31H,2-17,20H2,1H3,(H,26,30). The molecule has 1 aromatic carbocycles. The van der Waals surface area contributed by atoms with Crippen LogP contribution in [-0.2, 0) is 0 Å². The molecule has 0 radical (unpaired) electrons. The van der Waals surface area contributed by atoms with Gasteiger partial charge < -0.3 is 10.4 Å². The van der Waals surface area contributed by atoms with Crippen LogP contribution < -0.4 is 16.3 Å². The molecule has 0 atom stereocenters. The van der Waals surface area contributed by atoms with Crippen LogP contribution in [0.2, 0.25) is 0 Å². The summed E-state index contributed by atoms with van der Waals surface area (Å²) >= 11 is 0. The van der Waals surface area contributed by atoms with Crippen LogP contribution in [0.25, 0.3) is 0 Å². The zero-order valence-electron chi connectivity index (χ0n) is 19.6. The third kappa shape index (κ3) is 14.0. The van der Waals surface area contributed by atoms with Crippen molar-refractivity contribution in [2.45, 2.75) is 110 Å². The first-order valence-corrected chi connectivity index (χ1v) is 12.5. The number of amides is 1. The van der Waals surface area contributed by atoms with E-state index in [1.807, 2.05) is 0 Å². The quantitative estimate of drug-likeness (QED) is 0.0893. The number of benzene rings is 1. The second kappa shape index (κ2) is 18.9. The van der Waals surface area contributed by atoms with Gasteiger partial charge in [-0.25, -0.2) is 0 Å². The number of hydrogen-bond acceptors (Lipinski definition) is 5. The number of hydrogen-bond donors (Lipinski definition) is 5. The van der Waals surface area contributed by atoms with Gasteiger partial charge in [0.1, 0.15) is 5.75 Å². The number of anilines is 1. The predicted molar refractivity (Wildman–Crippen MR) is 129 cm³/mol. The molecule has 1 amide bonds. The van der Waals surface area contributed by atoms with Gasteiger partial charge in [-0.05, 0) is 24.6 Å². The van der Waals surface area contributed by atoms with Gasteiger partial charge in [0.05, 0.1) is 5.69 Å². The zero-order chi connectivity index (χ0) is 22.6. The van der Waals surface area contributed by atoms with Crippen molar-refractivity contribution in [1.29, 1.82) is 0 Å². The van der Waals surface area contributed by atoms with E-state index < -0.39 is 0 Å². The summed E-state index contributed by atoms with van der Waals surface area (Å²) in [5.74, 6) is -0.295. The maximum Gasteiger partial charge on any atom is 0.251 e. The van der Waals surface area contributed by atoms with Crippen LogP contribution in [-0.4, -0.2) is 22.8 Å². The molecule has 178 valence electrons. The fourth-order valence-corrected chi connectivity index (χ4v) is 3.82. The largest absolute Gasteiger partial charge is 0.506 e. The number of carbonyl (C=O) groups is 1. The van der Waals surface area contributed by atoms with Crippen molar-refractivity contribution in [3.05, 3.63) is 23.8 Å². The van der Waals surface area contributed by atoms with Crippen LogP contribution in [0.3, 0.4) is 0 Å². The summed E-state index contributed by atoms with van der Waals surface area (Å²) in [4.78, 5) is 12.1. The summed E-state index contributed by atoms with van der Waals surface area (Å²) in [5, 5.41) is 21.3. The average molecular weight is 436 g/mol. The van der Waals surface area contributed by atoms with Crippen LogP contribution in [0.4, 0.5) is 5.69 Å². The highest BCUT2D eigenvalue weighted by Gasteiger charge is 2.08. The third-order valence-electron chi connectivity index (χ3n) is 5.77. The molecule has 0 heterocycles. The molecule has 5 N–H and O–H groups in total. The van der Waals surface area contributed by atoms with Crippen LogP contribution in [0, 0.1) is 0 Å². The number of hydrazine groups is 1. The molecule has 0 unspecified atom stereocenters. The Bertz CT molecular complexity index is 581. The first-order chi connectivity index (χ1) is 15.2. The Hall–Kier alpha value is -1.79. The average Bonchev–Trinajstić information content (AvgIpc) is 2.77. The molecule has 6 nitrogen and oxygen atoms in total. The molecule has 0 fully saturated rings. The SMILES string of the molecule is CCCCCCCCCCCCCCCCCCNC(=O)c1ccc(NNO)c(O)c1. The van der Waals surface area contributed by atoms with E-state index in [4.69, 9.17) is 5.21 Å².